The lowest BCUT2D eigenvalue weighted by molar-refractivity contribution is -0.136. The van der Waals surface area contributed by atoms with E-state index in [0.717, 1.165) is 21.5 Å². The van der Waals surface area contributed by atoms with Crippen LogP contribution in [-0.2, 0) is 24.0 Å². The molecular weight excluding hydrogens is 270 g/mol. The first-order valence-corrected chi connectivity index (χ1v) is 7.19. The quantitative estimate of drug-likeness (QED) is 0.851. The fraction of sp³-hybridized carbons (Fsp3) is 0.364. The van der Waals surface area contributed by atoms with Gasteiger partial charge in [0.15, 0.2) is 4.34 Å². The van der Waals surface area contributed by atoms with Gasteiger partial charge in [0.2, 0.25) is 0 Å². The van der Waals surface area contributed by atoms with E-state index in [0.29, 0.717) is 5.69 Å². The summed E-state index contributed by atoms with van der Waals surface area (Å²) >= 11 is 3.08. The minimum absolute atomic E-state index is 0.0120. The molecule has 2 heterocycles. The van der Waals surface area contributed by atoms with Crippen molar-refractivity contribution in [3.63, 3.8) is 0 Å². The van der Waals surface area contributed by atoms with Crippen LogP contribution in [0, 0.1) is 6.92 Å². The molecule has 2 rings (SSSR count). The molecule has 0 fully saturated rings. The third-order valence-corrected chi connectivity index (χ3v) is 4.41. The summed E-state index contributed by atoms with van der Waals surface area (Å²) in [5, 5.41) is 14.7. The lowest BCUT2D eigenvalue weighted by Crippen LogP contribution is -1.99. The van der Waals surface area contributed by atoms with E-state index in [4.69, 9.17) is 5.11 Å². The second-order valence-electron chi connectivity index (χ2n) is 3.86. The van der Waals surface area contributed by atoms with Gasteiger partial charge in [-0.1, -0.05) is 11.8 Å². The molecule has 0 atom stereocenters. The van der Waals surface area contributed by atoms with Crippen molar-refractivity contribution < 1.29 is 9.90 Å². The van der Waals surface area contributed by atoms with Crippen LogP contribution in [0.4, 0.5) is 0 Å². The van der Waals surface area contributed by atoms with Crippen LogP contribution >= 0.6 is 23.1 Å². The number of thiazole rings is 1. The highest BCUT2D eigenvalue weighted by atomic mass is 32.2. The fourth-order valence-electron chi connectivity index (χ4n) is 1.53. The van der Waals surface area contributed by atoms with Gasteiger partial charge < -0.3 is 5.11 Å². The molecule has 0 unspecified atom stereocenters. The highest BCUT2D eigenvalue weighted by molar-refractivity contribution is 8.00. The highest BCUT2D eigenvalue weighted by Crippen LogP contribution is 2.26. The Morgan fingerprint density at radius 2 is 2.39 bits per heavy atom. The Labute approximate surface area is 113 Å². The van der Waals surface area contributed by atoms with Crippen LogP contribution in [0.2, 0.25) is 0 Å². The molecule has 0 aliphatic rings. The number of hydrogen-bond donors (Lipinski definition) is 1. The van der Waals surface area contributed by atoms with E-state index in [1.165, 1.54) is 11.3 Å². The van der Waals surface area contributed by atoms with E-state index in [1.807, 2.05) is 24.7 Å². The summed E-state index contributed by atoms with van der Waals surface area (Å²) in [4.78, 5) is 14.8. The normalized spacial score (nSPS) is 10.8. The zero-order valence-corrected chi connectivity index (χ0v) is 11.7. The van der Waals surface area contributed by atoms with Crippen molar-refractivity contribution in [1.29, 1.82) is 0 Å². The predicted octanol–water partition coefficient (Wildman–Crippen LogP) is 2.10. The molecule has 2 aromatic heterocycles. The van der Waals surface area contributed by atoms with Gasteiger partial charge in [-0.25, -0.2) is 4.98 Å². The molecule has 0 spiro atoms. The van der Waals surface area contributed by atoms with Crippen LogP contribution in [-0.4, -0.2) is 25.8 Å². The van der Waals surface area contributed by atoms with Crippen molar-refractivity contribution in [3.05, 3.63) is 28.5 Å². The summed E-state index contributed by atoms with van der Waals surface area (Å²) in [5.74, 6) is -0.0590. The molecule has 18 heavy (non-hydrogen) atoms. The molecule has 7 heteroatoms. The van der Waals surface area contributed by atoms with Gasteiger partial charge in [0.05, 0.1) is 17.8 Å². The zero-order valence-electron chi connectivity index (χ0n) is 10.1. The summed E-state index contributed by atoms with van der Waals surface area (Å²) in [6.07, 6.45) is -0.0120. The summed E-state index contributed by atoms with van der Waals surface area (Å²) in [7, 11) is 1.92. The molecule has 0 bridgehead atoms. The van der Waals surface area contributed by atoms with Gasteiger partial charge in [-0.3, -0.25) is 9.48 Å². The van der Waals surface area contributed by atoms with Gasteiger partial charge in [0.25, 0.3) is 0 Å². The smallest absolute Gasteiger partial charge is 0.309 e. The molecule has 5 nitrogen and oxygen atoms in total. The number of aliphatic carboxylic acids is 1. The van der Waals surface area contributed by atoms with Crippen molar-refractivity contribution >= 4 is 29.1 Å². The van der Waals surface area contributed by atoms with Gasteiger partial charge >= 0.3 is 5.97 Å². The van der Waals surface area contributed by atoms with Crippen molar-refractivity contribution in [2.75, 3.05) is 0 Å². The summed E-state index contributed by atoms with van der Waals surface area (Å²) in [5.41, 5.74) is 2.75. The molecule has 0 saturated heterocycles. The van der Waals surface area contributed by atoms with Crippen molar-refractivity contribution in [3.8, 4) is 0 Å². The number of carboxylic acids is 1. The molecule has 1 N–H and O–H groups in total. The van der Waals surface area contributed by atoms with Gasteiger partial charge in [-0.05, 0) is 13.0 Å². The largest absolute Gasteiger partial charge is 0.481 e. The molecule has 0 aliphatic carbocycles. The molecule has 0 saturated carbocycles. The van der Waals surface area contributed by atoms with E-state index in [9.17, 15) is 4.79 Å². The van der Waals surface area contributed by atoms with Crippen LogP contribution < -0.4 is 0 Å². The highest BCUT2D eigenvalue weighted by Gasteiger charge is 2.08. The molecule has 0 aromatic carbocycles. The first kappa shape index (κ1) is 13.1. The monoisotopic (exact) mass is 283 g/mol. The van der Waals surface area contributed by atoms with E-state index in [-0.39, 0.29) is 6.42 Å². The summed E-state index contributed by atoms with van der Waals surface area (Å²) in [6, 6.07) is 2.04. The topological polar surface area (TPSA) is 68.0 Å². The summed E-state index contributed by atoms with van der Waals surface area (Å²) in [6.45, 7) is 1.96. The van der Waals surface area contributed by atoms with E-state index in [2.05, 4.69) is 10.1 Å². The number of nitrogens with zero attached hydrogens (tertiary/aromatic N) is 3. The Hall–Kier alpha value is -1.34. The number of hydrogen-bond acceptors (Lipinski definition) is 5. The van der Waals surface area contributed by atoms with Crippen molar-refractivity contribution in [1.82, 2.24) is 14.8 Å². The van der Waals surface area contributed by atoms with Gasteiger partial charge in [0, 0.05) is 23.9 Å². The second-order valence-corrected chi connectivity index (χ2v) is 5.95. The van der Waals surface area contributed by atoms with Gasteiger partial charge in [-0.15, -0.1) is 11.3 Å². The number of carboxylic acid groups (broad SMARTS) is 1. The maximum Gasteiger partial charge on any atom is 0.309 e. The first-order chi connectivity index (χ1) is 8.54. The average molecular weight is 283 g/mol. The maximum absolute atomic E-state index is 10.6. The Bertz CT molecular complexity index is 562. The Morgan fingerprint density at radius 1 is 1.61 bits per heavy atom. The van der Waals surface area contributed by atoms with Crippen LogP contribution in [0.25, 0.3) is 0 Å². The number of rotatable bonds is 5. The fourth-order valence-corrected chi connectivity index (χ4v) is 3.39. The third kappa shape index (κ3) is 3.33. The Morgan fingerprint density at radius 3 is 3.00 bits per heavy atom. The Kier molecular flexibility index (Phi) is 4.03. The van der Waals surface area contributed by atoms with E-state index >= 15 is 0 Å². The van der Waals surface area contributed by atoms with Crippen molar-refractivity contribution in [2.24, 2.45) is 7.05 Å². The Balaban J connectivity index is 1.96. The number of thioether (sulfide) groups is 1. The predicted molar refractivity (Wildman–Crippen MR) is 71.0 cm³/mol. The minimum Gasteiger partial charge on any atom is -0.481 e. The number of aryl methyl sites for hydroxylation is 2. The van der Waals surface area contributed by atoms with Crippen LogP contribution in [0.15, 0.2) is 15.8 Å². The minimum atomic E-state index is -0.848. The summed E-state index contributed by atoms with van der Waals surface area (Å²) < 4.78 is 2.75. The van der Waals surface area contributed by atoms with Gasteiger partial charge in [0.1, 0.15) is 0 Å². The first-order valence-electron chi connectivity index (χ1n) is 5.33. The molecule has 0 aliphatic heterocycles. The molecule has 0 radical (unpaired) electrons. The number of aromatic nitrogens is 3. The lowest BCUT2D eigenvalue weighted by atomic mass is 10.3. The van der Waals surface area contributed by atoms with Crippen LogP contribution in [0.3, 0.4) is 0 Å². The molecule has 96 valence electrons. The standard InChI is InChI=1S/C11H13N3O2S2/c1-7-3-9(14(2)13-7)6-18-11-12-8(5-17-11)4-10(15)16/h3,5H,4,6H2,1-2H3,(H,15,16). The van der Waals surface area contributed by atoms with Crippen molar-refractivity contribution in [2.45, 2.75) is 23.4 Å². The average Bonchev–Trinajstić information content (AvgIpc) is 2.82. The lowest BCUT2D eigenvalue weighted by Gasteiger charge is -1.98. The van der Waals surface area contributed by atoms with E-state index in [1.54, 1.807) is 17.1 Å². The van der Waals surface area contributed by atoms with Crippen LogP contribution in [0.1, 0.15) is 17.1 Å². The molecule has 0 amide bonds. The molecule has 2 aromatic rings. The maximum atomic E-state index is 10.6. The molecular formula is C11H13N3O2S2. The SMILES string of the molecule is Cc1cc(CSc2nc(CC(=O)O)cs2)n(C)n1. The van der Waals surface area contributed by atoms with E-state index < -0.39 is 5.97 Å². The zero-order chi connectivity index (χ0) is 13.1. The van der Waals surface area contributed by atoms with Gasteiger partial charge in [-0.2, -0.15) is 5.10 Å². The number of carbonyl (C=O) groups is 1. The third-order valence-electron chi connectivity index (χ3n) is 2.31. The second kappa shape index (κ2) is 5.53. The van der Waals surface area contributed by atoms with Crippen LogP contribution in [0.5, 0.6) is 0 Å².